The van der Waals surface area contributed by atoms with E-state index in [0.717, 1.165) is 38.8 Å². The van der Waals surface area contributed by atoms with Gasteiger partial charge in [-0.2, -0.15) is 0 Å². The van der Waals surface area contributed by atoms with E-state index in [1.54, 1.807) is 13.2 Å². The number of amides is 2. The molecule has 4 rings (SSSR count). The predicted molar refractivity (Wildman–Crippen MR) is 117 cm³/mol. The van der Waals surface area contributed by atoms with Crippen LogP contribution in [0.5, 0.6) is 5.75 Å². The largest absolute Gasteiger partial charge is 0.497 e. The summed E-state index contributed by atoms with van der Waals surface area (Å²) in [4.78, 5) is 33.1. The first-order chi connectivity index (χ1) is 14.6. The fourth-order valence-electron chi connectivity index (χ4n) is 5.47. The van der Waals surface area contributed by atoms with E-state index in [9.17, 15) is 9.59 Å². The minimum Gasteiger partial charge on any atom is -0.497 e. The first-order valence-corrected chi connectivity index (χ1v) is 11.6. The summed E-state index contributed by atoms with van der Waals surface area (Å²) in [5, 5.41) is 0. The van der Waals surface area contributed by atoms with E-state index in [0.29, 0.717) is 43.4 Å². The molecule has 1 saturated carbocycles. The zero-order chi connectivity index (χ0) is 21.0. The van der Waals surface area contributed by atoms with Crippen molar-refractivity contribution in [3.8, 4) is 5.75 Å². The fraction of sp³-hybridized carbons (Fsp3) is 0.667. The van der Waals surface area contributed by atoms with E-state index < -0.39 is 0 Å². The summed E-state index contributed by atoms with van der Waals surface area (Å²) in [6.07, 6.45) is 9.23. The van der Waals surface area contributed by atoms with Gasteiger partial charge in [-0.25, -0.2) is 0 Å². The average molecular weight is 414 g/mol. The van der Waals surface area contributed by atoms with Gasteiger partial charge in [0.1, 0.15) is 11.3 Å². The third-order valence-electron chi connectivity index (χ3n) is 7.21. The normalized spacial score (nSPS) is 22.6. The highest BCUT2D eigenvalue weighted by Gasteiger charge is 2.47. The molecule has 30 heavy (non-hydrogen) atoms. The Balaban J connectivity index is 1.42. The molecule has 6 nitrogen and oxygen atoms in total. The van der Waals surface area contributed by atoms with Crippen LogP contribution >= 0.6 is 0 Å². The lowest BCUT2D eigenvalue weighted by Gasteiger charge is -2.49. The number of benzene rings is 1. The van der Waals surface area contributed by atoms with E-state index in [-0.39, 0.29) is 11.4 Å². The summed E-state index contributed by atoms with van der Waals surface area (Å²) in [6, 6.07) is 7.30. The molecular weight excluding hydrogens is 378 g/mol. The van der Waals surface area contributed by atoms with Crippen LogP contribution in [0.15, 0.2) is 24.3 Å². The topological polar surface area (TPSA) is 53.1 Å². The summed E-state index contributed by atoms with van der Waals surface area (Å²) in [7, 11) is 1.61. The van der Waals surface area contributed by atoms with Crippen LogP contribution in [0.1, 0.15) is 61.7 Å². The zero-order valence-electron chi connectivity index (χ0n) is 18.3. The van der Waals surface area contributed by atoms with Crippen molar-refractivity contribution in [1.82, 2.24) is 14.7 Å². The second-order valence-corrected chi connectivity index (χ2v) is 8.96. The lowest BCUT2D eigenvalue weighted by atomic mass is 9.78. The first-order valence-electron chi connectivity index (χ1n) is 11.6. The maximum Gasteiger partial charge on any atom is 0.254 e. The van der Waals surface area contributed by atoms with Gasteiger partial charge in [-0.3, -0.25) is 14.5 Å². The smallest absolute Gasteiger partial charge is 0.254 e. The van der Waals surface area contributed by atoms with Crippen LogP contribution in [0.2, 0.25) is 0 Å². The SMILES string of the molecule is COc1cccc(C(=O)N2CCN(C(=O)C3(N4CCCCC4)CCCCC3)CC2)c1. The summed E-state index contributed by atoms with van der Waals surface area (Å²) in [5.74, 6) is 1.03. The highest BCUT2D eigenvalue weighted by molar-refractivity contribution is 5.95. The number of likely N-dealkylation sites (tertiary alicyclic amines) is 1. The van der Waals surface area contributed by atoms with Crippen molar-refractivity contribution in [2.75, 3.05) is 46.4 Å². The summed E-state index contributed by atoms with van der Waals surface area (Å²) in [6.45, 7) is 4.56. The number of carbonyl (C=O) groups excluding carboxylic acids is 2. The van der Waals surface area contributed by atoms with Crippen LogP contribution in [-0.2, 0) is 4.79 Å². The fourth-order valence-corrected chi connectivity index (χ4v) is 5.47. The summed E-state index contributed by atoms with van der Waals surface area (Å²) in [5.41, 5.74) is 0.351. The van der Waals surface area contributed by atoms with E-state index in [2.05, 4.69) is 4.90 Å². The van der Waals surface area contributed by atoms with Crippen molar-refractivity contribution in [3.63, 3.8) is 0 Å². The molecule has 0 unspecified atom stereocenters. The third-order valence-corrected chi connectivity index (χ3v) is 7.21. The van der Waals surface area contributed by atoms with E-state index in [1.165, 1.54) is 25.7 Å². The van der Waals surface area contributed by atoms with Gasteiger partial charge in [-0.1, -0.05) is 31.7 Å². The molecule has 1 aliphatic carbocycles. The zero-order valence-corrected chi connectivity index (χ0v) is 18.3. The van der Waals surface area contributed by atoms with Crippen LogP contribution in [0.4, 0.5) is 0 Å². The Morgan fingerprint density at radius 3 is 2.13 bits per heavy atom. The molecule has 3 fully saturated rings. The molecule has 0 aromatic heterocycles. The van der Waals surface area contributed by atoms with Crippen molar-refractivity contribution in [3.05, 3.63) is 29.8 Å². The van der Waals surface area contributed by atoms with Crippen LogP contribution in [0, 0.1) is 0 Å². The van der Waals surface area contributed by atoms with Gasteiger partial charge < -0.3 is 14.5 Å². The van der Waals surface area contributed by atoms with Gasteiger partial charge in [-0.05, 0) is 57.0 Å². The molecule has 0 spiro atoms. The Morgan fingerprint density at radius 2 is 1.47 bits per heavy atom. The van der Waals surface area contributed by atoms with Crippen molar-refractivity contribution in [2.24, 2.45) is 0 Å². The number of ether oxygens (including phenoxy) is 1. The van der Waals surface area contributed by atoms with Gasteiger partial charge in [0.05, 0.1) is 7.11 Å². The van der Waals surface area contributed by atoms with Crippen molar-refractivity contribution in [1.29, 1.82) is 0 Å². The minimum absolute atomic E-state index is 0.0180. The Kier molecular flexibility index (Phi) is 6.61. The average Bonchev–Trinajstić information content (AvgIpc) is 2.84. The van der Waals surface area contributed by atoms with Gasteiger partial charge in [0.15, 0.2) is 0 Å². The molecule has 2 amide bonds. The lowest BCUT2D eigenvalue weighted by molar-refractivity contribution is -0.150. The van der Waals surface area contributed by atoms with Crippen LogP contribution in [0.3, 0.4) is 0 Å². The molecule has 3 aliphatic rings. The number of rotatable bonds is 4. The third kappa shape index (κ3) is 4.20. The number of nitrogens with zero attached hydrogens (tertiary/aromatic N) is 3. The molecule has 0 radical (unpaired) electrons. The highest BCUT2D eigenvalue weighted by Crippen LogP contribution is 2.37. The van der Waals surface area contributed by atoms with Crippen molar-refractivity contribution in [2.45, 2.75) is 56.9 Å². The number of piperidine rings is 1. The van der Waals surface area contributed by atoms with Crippen molar-refractivity contribution >= 4 is 11.8 Å². The predicted octanol–water partition coefficient (Wildman–Crippen LogP) is 3.17. The molecular formula is C24H35N3O3. The van der Waals surface area contributed by atoms with Gasteiger partial charge in [0.25, 0.3) is 5.91 Å². The maximum atomic E-state index is 13.8. The van der Waals surface area contributed by atoms with Gasteiger partial charge in [0.2, 0.25) is 5.91 Å². The summed E-state index contributed by atoms with van der Waals surface area (Å²) >= 11 is 0. The Bertz CT molecular complexity index is 746. The first kappa shape index (κ1) is 21.2. The molecule has 2 saturated heterocycles. The van der Waals surface area contributed by atoms with Crippen LogP contribution in [0.25, 0.3) is 0 Å². The molecule has 2 heterocycles. The van der Waals surface area contributed by atoms with Gasteiger partial charge >= 0.3 is 0 Å². The number of hydrogen-bond donors (Lipinski definition) is 0. The van der Waals surface area contributed by atoms with E-state index in [1.807, 2.05) is 28.0 Å². The monoisotopic (exact) mass is 413 g/mol. The van der Waals surface area contributed by atoms with Crippen LogP contribution in [-0.4, -0.2) is 78.4 Å². The molecule has 0 atom stereocenters. The Morgan fingerprint density at radius 1 is 0.833 bits per heavy atom. The Labute approximate surface area is 180 Å². The molecule has 1 aromatic carbocycles. The Hall–Kier alpha value is -2.08. The molecule has 1 aromatic rings. The quantitative estimate of drug-likeness (QED) is 0.761. The summed E-state index contributed by atoms with van der Waals surface area (Å²) < 4.78 is 5.25. The number of piperazine rings is 1. The second-order valence-electron chi connectivity index (χ2n) is 8.96. The lowest BCUT2D eigenvalue weighted by Crippen LogP contribution is -2.64. The van der Waals surface area contributed by atoms with E-state index >= 15 is 0 Å². The van der Waals surface area contributed by atoms with Gasteiger partial charge in [-0.15, -0.1) is 0 Å². The maximum absolute atomic E-state index is 13.8. The molecule has 0 bridgehead atoms. The minimum atomic E-state index is -0.294. The van der Waals surface area contributed by atoms with Gasteiger partial charge in [0, 0.05) is 31.7 Å². The molecule has 164 valence electrons. The number of hydrogen-bond acceptors (Lipinski definition) is 4. The van der Waals surface area contributed by atoms with Crippen LogP contribution < -0.4 is 4.74 Å². The highest BCUT2D eigenvalue weighted by atomic mass is 16.5. The molecule has 2 aliphatic heterocycles. The van der Waals surface area contributed by atoms with Crippen molar-refractivity contribution < 1.29 is 14.3 Å². The number of methoxy groups -OCH3 is 1. The number of carbonyl (C=O) groups is 2. The second kappa shape index (κ2) is 9.38. The standard InChI is InChI=1S/C24H35N3O3/c1-30-21-10-8-9-20(19-21)22(28)25-15-17-26(18-16-25)23(29)24(11-4-2-5-12-24)27-13-6-3-7-14-27/h8-10,19H,2-7,11-18H2,1H3. The molecule has 6 heteroatoms. The van der Waals surface area contributed by atoms with E-state index in [4.69, 9.17) is 4.74 Å². The molecule has 0 N–H and O–H groups in total.